The van der Waals surface area contributed by atoms with Crippen LogP contribution >= 0.6 is 0 Å². The molecular formula is C13H23NO4. The summed E-state index contributed by atoms with van der Waals surface area (Å²) in [6.07, 6.45) is 3.52. The van der Waals surface area contributed by atoms with Crippen molar-refractivity contribution >= 4 is 6.09 Å². The fourth-order valence-corrected chi connectivity index (χ4v) is 3.13. The van der Waals surface area contributed by atoms with Crippen LogP contribution in [0.2, 0.25) is 0 Å². The van der Waals surface area contributed by atoms with E-state index < -0.39 is 6.09 Å². The van der Waals surface area contributed by atoms with Gasteiger partial charge < -0.3 is 19.9 Å². The molecule has 0 spiro atoms. The van der Waals surface area contributed by atoms with Crippen LogP contribution in [0.5, 0.6) is 0 Å². The molecule has 0 radical (unpaired) electrons. The maximum Gasteiger partial charge on any atom is 0.404 e. The molecule has 1 amide bonds. The van der Waals surface area contributed by atoms with Gasteiger partial charge in [-0.1, -0.05) is 0 Å². The van der Waals surface area contributed by atoms with Gasteiger partial charge in [-0.3, -0.25) is 0 Å². The van der Waals surface area contributed by atoms with E-state index in [0.29, 0.717) is 24.3 Å². The van der Waals surface area contributed by atoms with Gasteiger partial charge in [0.05, 0.1) is 0 Å². The summed E-state index contributed by atoms with van der Waals surface area (Å²) in [5, 5.41) is 11.3. The molecule has 2 saturated heterocycles. The van der Waals surface area contributed by atoms with Crippen LogP contribution in [0.4, 0.5) is 4.79 Å². The minimum Gasteiger partial charge on any atom is -0.465 e. The monoisotopic (exact) mass is 257 g/mol. The van der Waals surface area contributed by atoms with Gasteiger partial charge >= 0.3 is 6.09 Å². The minimum absolute atomic E-state index is 0.349. The third-order valence-corrected chi connectivity index (χ3v) is 4.09. The highest BCUT2D eigenvalue weighted by Gasteiger charge is 2.32. The third-order valence-electron chi connectivity index (χ3n) is 4.09. The molecule has 5 heteroatoms. The van der Waals surface area contributed by atoms with Crippen molar-refractivity contribution in [3.63, 3.8) is 0 Å². The summed E-state index contributed by atoms with van der Waals surface area (Å²) < 4.78 is 11.1. The van der Waals surface area contributed by atoms with E-state index in [1.807, 2.05) is 0 Å². The molecule has 2 unspecified atom stereocenters. The second kappa shape index (κ2) is 6.95. The number of amides is 1. The summed E-state index contributed by atoms with van der Waals surface area (Å²) in [5.41, 5.74) is 0. The first-order valence-corrected chi connectivity index (χ1v) is 6.89. The third kappa shape index (κ3) is 3.85. The number of hydrogen-bond donors (Lipinski definition) is 2. The summed E-state index contributed by atoms with van der Waals surface area (Å²) in [6, 6.07) is 0. The number of rotatable bonds is 4. The van der Waals surface area contributed by atoms with Crippen LogP contribution in [0.15, 0.2) is 0 Å². The Morgan fingerprint density at radius 1 is 1.17 bits per heavy atom. The van der Waals surface area contributed by atoms with Crippen molar-refractivity contribution in [2.45, 2.75) is 25.7 Å². The normalized spacial score (nSPS) is 30.7. The molecule has 2 atom stereocenters. The summed E-state index contributed by atoms with van der Waals surface area (Å²) in [4.78, 5) is 10.7. The first-order chi connectivity index (χ1) is 8.77. The first kappa shape index (κ1) is 13.6. The van der Waals surface area contributed by atoms with Gasteiger partial charge in [-0.15, -0.1) is 0 Å². The molecule has 2 heterocycles. The molecule has 0 aromatic rings. The lowest BCUT2D eigenvalue weighted by atomic mass is 9.76. The molecule has 0 aromatic carbocycles. The molecule has 2 rings (SSSR count). The molecule has 2 aliphatic rings. The molecule has 104 valence electrons. The van der Waals surface area contributed by atoms with E-state index in [1.54, 1.807) is 0 Å². The van der Waals surface area contributed by atoms with Crippen molar-refractivity contribution < 1.29 is 19.4 Å². The highest BCUT2D eigenvalue weighted by atomic mass is 16.5. The summed E-state index contributed by atoms with van der Waals surface area (Å²) >= 11 is 0. The van der Waals surface area contributed by atoms with Crippen molar-refractivity contribution in [1.29, 1.82) is 0 Å². The van der Waals surface area contributed by atoms with E-state index in [0.717, 1.165) is 52.1 Å². The molecular weight excluding hydrogens is 234 g/mol. The molecule has 0 aromatic heterocycles. The predicted octanol–water partition coefficient (Wildman–Crippen LogP) is 1.72. The van der Waals surface area contributed by atoms with Crippen LogP contribution in [0, 0.1) is 17.8 Å². The Bertz CT molecular complexity index is 242. The molecule has 2 aliphatic heterocycles. The Morgan fingerprint density at radius 2 is 1.72 bits per heavy atom. The summed E-state index contributed by atoms with van der Waals surface area (Å²) in [5.74, 6) is 1.29. The molecule has 2 N–H and O–H groups in total. The number of carboxylic acid groups (broad SMARTS) is 1. The van der Waals surface area contributed by atoms with Crippen LogP contribution in [-0.2, 0) is 9.47 Å². The van der Waals surface area contributed by atoms with E-state index in [-0.39, 0.29) is 0 Å². The van der Waals surface area contributed by atoms with Gasteiger partial charge in [0.1, 0.15) is 0 Å². The predicted molar refractivity (Wildman–Crippen MR) is 66.6 cm³/mol. The molecule has 18 heavy (non-hydrogen) atoms. The first-order valence-electron chi connectivity index (χ1n) is 6.89. The van der Waals surface area contributed by atoms with Crippen LogP contribution < -0.4 is 5.32 Å². The maximum atomic E-state index is 10.7. The van der Waals surface area contributed by atoms with E-state index >= 15 is 0 Å². The zero-order valence-electron chi connectivity index (χ0n) is 10.8. The van der Waals surface area contributed by atoms with Crippen LogP contribution in [-0.4, -0.2) is 44.2 Å². The fourth-order valence-electron chi connectivity index (χ4n) is 3.13. The van der Waals surface area contributed by atoms with Gasteiger partial charge in [-0.05, 0) is 43.4 Å². The molecule has 0 saturated carbocycles. The number of nitrogens with one attached hydrogen (secondary N) is 1. The lowest BCUT2D eigenvalue weighted by Gasteiger charge is -2.37. The average Bonchev–Trinajstić information content (AvgIpc) is 2.41. The Hall–Kier alpha value is -0.810. The Balaban J connectivity index is 1.93. The number of hydrogen-bond acceptors (Lipinski definition) is 3. The Morgan fingerprint density at radius 3 is 2.11 bits per heavy atom. The highest BCUT2D eigenvalue weighted by molar-refractivity contribution is 5.64. The standard InChI is InChI=1S/C13H23NO4/c15-13(16)14-7-12(10-3-1-5-17-8-10)11-4-2-6-18-9-11/h10-12,14H,1-9H2,(H,15,16). The van der Waals surface area contributed by atoms with Crippen molar-refractivity contribution in [1.82, 2.24) is 5.32 Å². The van der Waals surface area contributed by atoms with E-state index in [2.05, 4.69) is 5.32 Å². The zero-order valence-corrected chi connectivity index (χ0v) is 10.8. The molecule has 0 aliphatic carbocycles. The minimum atomic E-state index is -0.937. The smallest absolute Gasteiger partial charge is 0.404 e. The Labute approximate surface area is 108 Å². The van der Waals surface area contributed by atoms with Gasteiger partial charge in [0, 0.05) is 33.0 Å². The van der Waals surface area contributed by atoms with Crippen molar-refractivity contribution in [2.24, 2.45) is 17.8 Å². The lowest BCUT2D eigenvalue weighted by molar-refractivity contribution is -0.0226. The van der Waals surface area contributed by atoms with Crippen molar-refractivity contribution in [3.05, 3.63) is 0 Å². The van der Waals surface area contributed by atoms with E-state index in [1.165, 1.54) is 0 Å². The second-order valence-corrected chi connectivity index (χ2v) is 5.30. The summed E-state index contributed by atoms with van der Waals surface area (Å²) in [7, 11) is 0. The van der Waals surface area contributed by atoms with Gasteiger partial charge in [0.15, 0.2) is 0 Å². The van der Waals surface area contributed by atoms with Crippen molar-refractivity contribution in [2.75, 3.05) is 33.0 Å². The van der Waals surface area contributed by atoms with E-state index in [4.69, 9.17) is 14.6 Å². The quantitative estimate of drug-likeness (QED) is 0.804. The van der Waals surface area contributed by atoms with Gasteiger partial charge in [0.2, 0.25) is 0 Å². The van der Waals surface area contributed by atoms with Crippen LogP contribution in [0.1, 0.15) is 25.7 Å². The number of carbonyl (C=O) groups is 1. The van der Waals surface area contributed by atoms with Crippen LogP contribution in [0.3, 0.4) is 0 Å². The van der Waals surface area contributed by atoms with Crippen molar-refractivity contribution in [3.8, 4) is 0 Å². The topological polar surface area (TPSA) is 67.8 Å². The average molecular weight is 257 g/mol. The zero-order chi connectivity index (χ0) is 12.8. The van der Waals surface area contributed by atoms with Gasteiger partial charge in [-0.25, -0.2) is 4.79 Å². The maximum absolute atomic E-state index is 10.7. The molecule has 2 fully saturated rings. The van der Waals surface area contributed by atoms with Gasteiger partial charge in [-0.2, -0.15) is 0 Å². The van der Waals surface area contributed by atoms with Gasteiger partial charge in [0.25, 0.3) is 0 Å². The number of ether oxygens (including phenoxy) is 2. The largest absolute Gasteiger partial charge is 0.465 e. The Kier molecular flexibility index (Phi) is 5.26. The summed E-state index contributed by atoms with van der Waals surface area (Å²) in [6.45, 7) is 3.75. The SMILES string of the molecule is O=C(O)NCC(C1CCCOC1)C1CCCOC1. The van der Waals surface area contributed by atoms with E-state index in [9.17, 15) is 4.79 Å². The lowest BCUT2D eigenvalue weighted by Crippen LogP contribution is -2.41. The highest BCUT2D eigenvalue weighted by Crippen LogP contribution is 2.32. The van der Waals surface area contributed by atoms with Crippen LogP contribution in [0.25, 0.3) is 0 Å². The molecule has 5 nitrogen and oxygen atoms in total. The second-order valence-electron chi connectivity index (χ2n) is 5.30. The molecule has 0 bridgehead atoms. The fraction of sp³-hybridized carbons (Fsp3) is 0.923.